The Bertz CT molecular complexity index is 271. The summed E-state index contributed by atoms with van der Waals surface area (Å²) in [5.74, 6) is 0.692. The largest absolute Gasteiger partial charge is 0.475 e. The number of rotatable bonds is 2. The molecule has 0 saturated heterocycles. The minimum absolute atomic E-state index is 0.165. The van der Waals surface area contributed by atoms with Crippen LogP contribution in [0.3, 0.4) is 0 Å². The Labute approximate surface area is 72.8 Å². The van der Waals surface area contributed by atoms with Gasteiger partial charge in [0, 0.05) is 11.3 Å². The van der Waals surface area contributed by atoms with Gasteiger partial charge < -0.3 is 4.74 Å². The van der Waals surface area contributed by atoms with Gasteiger partial charge in [0.1, 0.15) is 6.33 Å². The van der Waals surface area contributed by atoms with Gasteiger partial charge in [-0.25, -0.2) is 9.97 Å². The summed E-state index contributed by atoms with van der Waals surface area (Å²) in [7, 11) is 0. The quantitative estimate of drug-likeness (QED) is 0.672. The third-order valence-corrected chi connectivity index (χ3v) is 1.64. The van der Waals surface area contributed by atoms with Crippen LogP contribution >= 0.6 is 0 Å². The van der Waals surface area contributed by atoms with Crippen molar-refractivity contribution in [1.82, 2.24) is 9.97 Å². The minimum atomic E-state index is 0.165. The summed E-state index contributed by atoms with van der Waals surface area (Å²) in [6.45, 7) is 7.88. The lowest BCUT2D eigenvalue weighted by atomic mass is 10.2. The first-order valence-corrected chi connectivity index (χ1v) is 4.06. The van der Waals surface area contributed by atoms with Gasteiger partial charge in [0.15, 0.2) is 0 Å². The van der Waals surface area contributed by atoms with Crippen LogP contribution in [-0.4, -0.2) is 16.1 Å². The average molecular weight is 166 g/mol. The zero-order valence-corrected chi connectivity index (χ0v) is 7.96. The van der Waals surface area contributed by atoms with E-state index in [1.165, 1.54) is 6.33 Å². The van der Waals surface area contributed by atoms with E-state index in [4.69, 9.17) is 4.74 Å². The van der Waals surface area contributed by atoms with Crippen molar-refractivity contribution in [1.29, 1.82) is 0 Å². The van der Waals surface area contributed by atoms with E-state index >= 15 is 0 Å². The van der Waals surface area contributed by atoms with Crippen molar-refractivity contribution >= 4 is 0 Å². The summed E-state index contributed by atoms with van der Waals surface area (Å²) >= 11 is 0. The molecule has 0 N–H and O–H groups in total. The third kappa shape index (κ3) is 1.94. The monoisotopic (exact) mass is 166 g/mol. The highest BCUT2D eigenvalue weighted by molar-refractivity contribution is 5.26. The van der Waals surface area contributed by atoms with Crippen LogP contribution in [0, 0.1) is 13.8 Å². The lowest BCUT2D eigenvalue weighted by Crippen LogP contribution is -2.09. The summed E-state index contributed by atoms with van der Waals surface area (Å²) in [5.41, 5.74) is 1.99. The van der Waals surface area contributed by atoms with E-state index in [-0.39, 0.29) is 6.10 Å². The van der Waals surface area contributed by atoms with Crippen molar-refractivity contribution in [3.63, 3.8) is 0 Å². The van der Waals surface area contributed by atoms with E-state index < -0.39 is 0 Å². The van der Waals surface area contributed by atoms with E-state index in [0.29, 0.717) is 5.88 Å². The van der Waals surface area contributed by atoms with Gasteiger partial charge in [0.25, 0.3) is 0 Å². The molecular formula is C9H14N2O. The lowest BCUT2D eigenvalue weighted by Gasteiger charge is -2.11. The highest BCUT2D eigenvalue weighted by atomic mass is 16.5. The zero-order valence-electron chi connectivity index (χ0n) is 7.96. The molecule has 0 bridgehead atoms. The Morgan fingerprint density at radius 3 is 2.50 bits per heavy atom. The Hall–Kier alpha value is -1.12. The number of aromatic nitrogens is 2. The SMILES string of the molecule is Cc1ncnc(OC(C)C)c1C. The summed E-state index contributed by atoms with van der Waals surface area (Å²) in [4.78, 5) is 8.10. The van der Waals surface area contributed by atoms with Crippen molar-refractivity contribution in [2.45, 2.75) is 33.8 Å². The Morgan fingerprint density at radius 1 is 1.25 bits per heavy atom. The first-order chi connectivity index (χ1) is 5.61. The molecule has 1 rings (SSSR count). The topological polar surface area (TPSA) is 35.0 Å². The second-order valence-electron chi connectivity index (χ2n) is 3.06. The van der Waals surface area contributed by atoms with Crippen LogP contribution in [0.15, 0.2) is 6.33 Å². The van der Waals surface area contributed by atoms with Gasteiger partial charge in [-0.1, -0.05) is 0 Å². The fourth-order valence-corrected chi connectivity index (χ4v) is 0.858. The predicted octanol–water partition coefficient (Wildman–Crippen LogP) is 1.88. The molecule has 0 aliphatic heterocycles. The van der Waals surface area contributed by atoms with Crippen LogP contribution in [0.2, 0.25) is 0 Å². The molecule has 0 unspecified atom stereocenters. The van der Waals surface area contributed by atoms with E-state index in [2.05, 4.69) is 9.97 Å². The maximum atomic E-state index is 5.47. The number of hydrogen-bond acceptors (Lipinski definition) is 3. The molecule has 3 heteroatoms. The highest BCUT2D eigenvalue weighted by Crippen LogP contribution is 2.16. The molecule has 0 amide bonds. The van der Waals surface area contributed by atoms with Crippen molar-refractivity contribution in [3.05, 3.63) is 17.6 Å². The maximum absolute atomic E-state index is 5.47. The highest BCUT2D eigenvalue weighted by Gasteiger charge is 2.05. The van der Waals surface area contributed by atoms with Crippen molar-refractivity contribution < 1.29 is 4.74 Å². The first kappa shape index (κ1) is 8.97. The van der Waals surface area contributed by atoms with Crippen molar-refractivity contribution in [2.75, 3.05) is 0 Å². The summed E-state index contributed by atoms with van der Waals surface area (Å²) < 4.78 is 5.47. The Kier molecular flexibility index (Phi) is 2.63. The summed E-state index contributed by atoms with van der Waals surface area (Å²) in [5, 5.41) is 0. The van der Waals surface area contributed by atoms with Crippen LogP contribution in [0.25, 0.3) is 0 Å². The van der Waals surface area contributed by atoms with Crippen LogP contribution in [0.4, 0.5) is 0 Å². The average Bonchev–Trinajstić information content (AvgIpc) is 1.98. The van der Waals surface area contributed by atoms with Gasteiger partial charge in [0.2, 0.25) is 5.88 Å². The maximum Gasteiger partial charge on any atom is 0.219 e. The number of nitrogens with zero attached hydrogens (tertiary/aromatic N) is 2. The molecule has 12 heavy (non-hydrogen) atoms. The van der Waals surface area contributed by atoms with Gasteiger partial charge in [-0.3, -0.25) is 0 Å². The fourth-order valence-electron chi connectivity index (χ4n) is 0.858. The molecule has 0 aliphatic rings. The normalized spacial score (nSPS) is 10.4. The molecule has 1 aromatic rings. The van der Waals surface area contributed by atoms with Gasteiger partial charge in [-0.05, 0) is 27.7 Å². The number of aryl methyl sites for hydroxylation is 1. The van der Waals surface area contributed by atoms with Crippen LogP contribution in [0.1, 0.15) is 25.1 Å². The zero-order chi connectivity index (χ0) is 9.14. The molecule has 1 heterocycles. The Morgan fingerprint density at radius 2 is 1.92 bits per heavy atom. The molecule has 0 aromatic carbocycles. The molecule has 0 radical (unpaired) electrons. The van der Waals surface area contributed by atoms with Crippen LogP contribution < -0.4 is 4.74 Å². The van der Waals surface area contributed by atoms with Gasteiger partial charge in [-0.2, -0.15) is 0 Å². The second-order valence-corrected chi connectivity index (χ2v) is 3.06. The van der Waals surface area contributed by atoms with Gasteiger partial charge in [0.05, 0.1) is 6.10 Å². The predicted molar refractivity (Wildman–Crippen MR) is 47.3 cm³/mol. The van der Waals surface area contributed by atoms with Gasteiger partial charge >= 0.3 is 0 Å². The van der Waals surface area contributed by atoms with E-state index in [1.807, 2.05) is 27.7 Å². The van der Waals surface area contributed by atoms with Crippen molar-refractivity contribution in [2.24, 2.45) is 0 Å². The smallest absolute Gasteiger partial charge is 0.219 e. The van der Waals surface area contributed by atoms with Gasteiger partial charge in [-0.15, -0.1) is 0 Å². The second kappa shape index (κ2) is 3.52. The van der Waals surface area contributed by atoms with E-state index in [1.54, 1.807) is 0 Å². The molecule has 0 spiro atoms. The molecule has 0 atom stereocenters. The minimum Gasteiger partial charge on any atom is -0.475 e. The first-order valence-electron chi connectivity index (χ1n) is 4.06. The van der Waals surface area contributed by atoms with Crippen LogP contribution in [-0.2, 0) is 0 Å². The lowest BCUT2D eigenvalue weighted by molar-refractivity contribution is 0.230. The summed E-state index contributed by atoms with van der Waals surface area (Å²) in [6.07, 6.45) is 1.69. The molecule has 66 valence electrons. The summed E-state index contributed by atoms with van der Waals surface area (Å²) in [6, 6.07) is 0. The van der Waals surface area contributed by atoms with E-state index in [9.17, 15) is 0 Å². The number of ether oxygens (including phenoxy) is 1. The molecule has 1 aromatic heterocycles. The Balaban J connectivity index is 2.92. The third-order valence-electron chi connectivity index (χ3n) is 1.64. The molecular weight excluding hydrogens is 152 g/mol. The number of hydrogen-bond donors (Lipinski definition) is 0. The standard InChI is InChI=1S/C9H14N2O/c1-6(2)12-9-7(3)8(4)10-5-11-9/h5-6H,1-4H3. The molecule has 0 saturated carbocycles. The molecule has 0 fully saturated rings. The van der Waals surface area contributed by atoms with E-state index in [0.717, 1.165) is 11.3 Å². The fraction of sp³-hybridized carbons (Fsp3) is 0.556. The molecule has 0 aliphatic carbocycles. The molecule has 3 nitrogen and oxygen atoms in total. The van der Waals surface area contributed by atoms with Crippen LogP contribution in [0.5, 0.6) is 5.88 Å². The van der Waals surface area contributed by atoms with Crippen molar-refractivity contribution in [3.8, 4) is 5.88 Å².